The van der Waals surface area contributed by atoms with E-state index in [9.17, 15) is 9.59 Å². The van der Waals surface area contributed by atoms with Crippen LogP contribution in [0.1, 0.15) is 36.3 Å². The maximum atomic E-state index is 13.7. The molecule has 0 bridgehead atoms. The number of benzene rings is 2. The van der Waals surface area contributed by atoms with Crippen molar-refractivity contribution in [1.82, 2.24) is 9.88 Å². The van der Waals surface area contributed by atoms with Gasteiger partial charge >= 0.3 is 5.97 Å². The second-order valence-corrected chi connectivity index (χ2v) is 10.0. The second kappa shape index (κ2) is 8.87. The number of pyridine rings is 1. The summed E-state index contributed by atoms with van der Waals surface area (Å²) in [5.74, 6) is -0.413. The molecule has 3 atom stereocenters. The first-order valence-electron chi connectivity index (χ1n) is 10.9. The maximum Gasteiger partial charge on any atom is 0.331 e. The van der Waals surface area contributed by atoms with Crippen LogP contribution < -0.4 is 0 Å². The van der Waals surface area contributed by atoms with E-state index in [0.717, 1.165) is 16.8 Å². The summed E-state index contributed by atoms with van der Waals surface area (Å²) < 4.78 is 5.54. The summed E-state index contributed by atoms with van der Waals surface area (Å²) in [4.78, 5) is 32.2. The number of esters is 1. The zero-order chi connectivity index (χ0) is 22.8. The zero-order valence-corrected chi connectivity index (χ0v) is 19.0. The fraction of sp³-hybridized carbons (Fsp3) is 0.222. The highest BCUT2D eigenvalue weighted by Gasteiger charge is 2.60. The van der Waals surface area contributed by atoms with E-state index in [2.05, 4.69) is 4.98 Å². The Morgan fingerprint density at radius 1 is 1.06 bits per heavy atom. The van der Waals surface area contributed by atoms with E-state index in [4.69, 9.17) is 4.74 Å². The van der Waals surface area contributed by atoms with Gasteiger partial charge in [-0.1, -0.05) is 72.8 Å². The van der Waals surface area contributed by atoms with Crippen LogP contribution in [-0.2, 0) is 14.3 Å². The van der Waals surface area contributed by atoms with Crippen LogP contribution in [0, 0.1) is 0 Å². The zero-order valence-electron chi connectivity index (χ0n) is 18.2. The molecular weight excluding hydrogens is 432 g/mol. The van der Waals surface area contributed by atoms with Crippen LogP contribution in [0.5, 0.6) is 0 Å². The minimum absolute atomic E-state index is 0.0135. The van der Waals surface area contributed by atoms with Gasteiger partial charge in [0.25, 0.3) is 0 Å². The molecule has 5 nitrogen and oxygen atoms in total. The first-order valence-corrected chi connectivity index (χ1v) is 11.8. The highest BCUT2D eigenvalue weighted by molar-refractivity contribution is 8.01. The third-order valence-corrected chi connectivity index (χ3v) is 7.63. The van der Waals surface area contributed by atoms with Crippen LogP contribution >= 0.6 is 11.8 Å². The fourth-order valence-electron chi connectivity index (χ4n) is 4.41. The van der Waals surface area contributed by atoms with Crippen LogP contribution in [0.15, 0.2) is 91.1 Å². The number of rotatable bonds is 6. The largest absolute Gasteiger partial charge is 0.451 e. The number of carbonyl (C=O) groups excluding carboxylic acids is 2. The molecule has 6 heteroatoms. The third-order valence-electron chi connectivity index (χ3n) is 6.09. The van der Waals surface area contributed by atoms with E-state index < -0.39 is 22.9 Å². The summed E-state index contributed by atoms with van der Waals surface area (Å²) in [5, 5.41) is -0.0136. The molecule has 2 aliphatic rings. The number of carbonyl (C=O) groups is 2. The lowest BCUT2D eigenvalue weighted by Crippen LogP contribution is -2.57. The molecule has 3 aromatic rings. The van der Waals surface area contributed by atoms with Crippen molar-refractivity contribution in [1.29, 1.82) is 0 Å². The average molecular weight is 457 g/mol. The van der Waals surface area contributed by atoms with E-state index in [1.54, 1.807) is 22.9 Å². The van der Waals surface area contributed by atoms with Crippen molar-refractivity contribution >= 4 is 29.7 Å². The van der Waals surface area contributed by atoms with E-state index in [0.29, 0.717) is 6.42 Å². The number of nitrogens with zero attached hydrogens (tertiary/aromatic N) is 2. The van der Waals surface area contributed by atoms with Crippen LogP contribution in [0.3, 0.4) is 0 Å². The molecule has 2 aromatic carbocycles. The Morgan fingerprint density at radius 3 is 2.27 bits per heavy atom. The van der Waals surface area contributed by atoms with Gasteiger partial charge < -0.3 is 9.64 Å². The first kappa shape index (κ1) is 21.5. The number of ether oxygens (including phenoxy) is 1. The van der Waals surface area contributed by atoms with E-state index in [1.165, 1.54) is 0 Å². The quantitative estimate of drug-likeness (QED) is 0.392. The summed E-state index contributed by atoms with van der Waals surface area (Å²) in [6.07, 6.45) is 5.52. The van der Waals surface area contributed by atoms with Crippen molar-refractivity contribution in [3.05, 3.63) is 108 Å². The predicted molar refractivity (Wildman–Crippen MR) is 129 cm³/mol. The smallest absolute Gasteiger partial charge is 0.331 e. The normalized spacial score (nSPS) is 24.1. The molecule has 3 heterocycles. The van der Waals surface area contributed by atoms with E-state index >= 15 is 0 Å². The monoisotopic (exact) mass is 456 g/mol. The van der Waals surface area contributed by atoms with Gasteiger partial charge in [-0.15, -0.1) is 11.8 Å². The van der Waals surface area contributed by atoms with Crippen molar-refractivity contribution in [2.75, 3.05) is 0 Å². The van der Waals surface area contributed by atoms with Gasteiger partial charge in [0.15, 0.2) is 6.10 Å². The molecule has 0 unspecified atom stereocenters. The SMILES string of the molecule is C[C@]1(/C=C/c2ccccn2)S[C@@H]2CC(=O)N2[C@H]1C(=O)OC(c1ccccc1)c1ccccc1. The van der Waals surface area contributed by atoms with Gasteiger partial charge in [-0.2, -0.15) is 0 Å². The molecule has 0 saturated carbocycles. The number of amides is 1. The number of hydrogen-bond acceptors (Lipinski definition) is 5. The molecule has 2 fully saturated rings. The van der Waals surface area contributed by atoms with Crippen LogP contribution in [-0.4, -0.2) is 37.9 Å². The summed E-state index contributed by atoms with van der Waals surface area (Å²) in [6, 6.07) is 24.4. The molecule has 0 N–H and O–H groups in total. The number of β-lactam (4-membered cyclic amide) rings is 1. The predicted octanol–water partition coefficient (Wildman–Crippen LogP) is 4.86. The highest BCUT2D eigenvalue weighted by atomic mass is 32.2. The maximum absolute atomic E-state index is 13.7. The van der Waals surface area contributed by atoms with Crippen LogP contribution in [0.4, 0.5) is 0 Å². The van der Waals surface area contributed by atoms with Gasteiger partial charge in [0, 0.05) is 6.20 Å². The molecule has 0 radical (unpaired) electrons. The number of aromatic nitrogens is 1. The minimum atomic E-state index is -0.705. The number of thioether (sulfide) groups is 1. The molecule has 0 aliphatic carbocycles. The number of fused-ring (bicyclic) bond motifs is 1. The Labute approximate surface area is 197 Å². The van der Waals surface area contributed by atoms with E-state index in [-0.39, 0.29) is 11.3 Å². The van der Waals surface area contributed by atoms with Crippen molar-refractivity contribution in [3.8, 4) is 0 Å². The Balaban J connectivity index is 1.46. The fourth-order valence-corrected chi connectivity index (χ4v) is 6.06. The lowest BCUT2D eigenvalue weighted by Gasteiger charge is -2.38. The Kier molecular flexibility index (Phi) is 5.77. The van der Waals surface area contributed by atoms with Gasteiger partial charge in [-0.3, -0.25) is 9.78 Å². The summed E-state index contributed by atoms with van der Waals surface area (Å²) in [6.45, 7) is 1.99. The summed E-state index contributed by atoms with van der Waals surface area (Å²) >= 11 is 1.63. The molecule has 2 saturated heterocycles. The molecule has 1 amide bonds. The molecular formula is C27H24N2O3S. The molecule has 5 rings (SSSR count). The summed E-state index contributed by atoms with van der Waals surface area (Å²) in [5.41, 5.74) is 2.58. The van der Waals surface area contributed by atoms with Crippen molar-refractivity contribution in [3.63, 3.8) is 0 Å². The molecule has 33 heavy (non-hydrogen) atoms. The molecule has 2 aliphatic heterocycles. The van der Waals surface area contributed by atoms with Gasteiger partial charge in [0.1, 0.15) is 6.04 Å². The van der Waals surface area contributed by atoms with Crippen LogP contribution in [0.2, 0.25) is 0 Å². The minimum Gasteiger partial charge on any atom is -0.451 e. The lowest BCUT2D eigenvalue weighted by molar-refractivity contribution is -0.163. The Morgan fingerprint density at radius 2 is 1.70 bits per heavy atom. The highest BCUT2D eigenvalue weighted by Crippen LogP contribution is 2.52. The molecule has 0 spiro atoms. The molecule has 166 valence electrons. The number of hydrogen-bond donors (Lipinski definition) is 0. The van der Waals surface area contributed by atoms with Gasteiger partial charge in [0.05, 0.1) is 22.2 Å². The average Bonchev–Trinajstić information content (AvgIpc) is 3.10. The van der Waals surface area contributed by atoms with Gasteiger partial charge in [-0.05, 0) is 36.3 Å². The van der Waals surface area contributed by atoms with E-state index in [1.807, 2.05) is 97.9 Å². The lowest BCUT2D eigenvalue weighted by atomic mass is 9.95. The topological polar surface area (TPSA) is 59.5 Å². The first-order chi connectivity index (χ1) is 16.0. The van der Waals surface area contributed by atoms with Gasteiger partial charge in [0.2, 0.25) is 5.91 Å². The van der Waals surface area contributed by atoms with Crippen molar-refractivity contribution in [2.24, 2.45) is 0 Å². The summed E-state index contributed by atoms with van der Waals surface area (Å²) in [7, 11) is 0. The van der Waals surface area contributed by atoms with Gasteiger partial charge in [-0.25, -0.2) is 4.79 Å². The molecule has 1 aromatic heterocycles. The van der Waals surface area contributed by atoms with Crippen LogP contribution in [0.25, 0.3) is 6.08 Å². The second-order valence-electron chi connectivity index (χ2n) is 8.39. The Hall–Kier alpha value is -3.38. The standard InChI is InChI=1S/C27H24N2O3S/c1-27(16-15-21-14-8-9-17-28-21)25(29-22(30)18-23(29)33-27)26(31)32-24(19-10-4-2-5-11-19)20-12-6-3-7-13-20/h2-17,23-25H,18H2,1H3/b16-15+/t23-,25+,27-/m1/s1. The third kappa shape index (κ3) is 4.18. The van der Waals surface area contributed by atoms with Crippen molar-refractivity contribution in [2.45, 2.75) is 35.6 Å². The Bertz CT molecular complexity index is 1130. The van der Waals surface area contributed by atoms with Crippen molar-refractivity contribution < 1.29 is 14.3 Å².